The molecule has 0 aliphatic rings. The molecule has 1 heterocycles. The van der Waals surface area contributed by atoms with E-state index < -0.39 is 0 Å². The zero-order valence-corrected chi connectivity index (χ0v) is 12.7. The van der Waals surface area contributed by atoms with E-state index >= 15 is 0 Å². The lowest BCUT2D eigenvalue weighted by Gasteiger charge is -2.13. The summed E-state index contributed by atoms with van der Waals surface area (Å²) in [6, 6.07) is 9.33. The number of carbonyl (C=O) groups excluding carboxylic acids is 1. The van der Waals surface area contributed by atoms with Crippen LogP contribution in [-0.2, 0) is 0 Å². The molecule has 0 aliphatic heterocycles. The average molecular weight is 300 g/mol. The second-order valence-corrected chi connectivity index (χ2v) is 5.15. The van der Waals surface area contributed by atoms with Gasteiger partial charge in [0.1, 0.15) is 11.5 Å². The molecule has 2 rings (SSSR count). The zero-order chi connectivity index (χ0) is 15.9. The van der Waals surface area contributed by atoms with Crippen LogP contribution in [0.5, 0.6) is 11.5 Å². The number of nitrogens with zero attached hydrogens (tertiary/aromatic N) is 1. The molecule has 1 aromatic heterocycles. The molecular formula is C17H20N2O3. The van der Waals surface area contributed by atoms with E-state index in [1.165, 1.54) is 24.0 Å². The molecule has 116 valence electrons. The van der Waals surface area contributed by atoms with Crippen LogP contribution < -0.4 is 10.1 Å². The Balaban J connectivity index is 1.83. The molecule has 1 atom stereocenters. The number of aromatic hydroxyl groups is 1. The second kappa shape index (κ2) is 7.45. The Morgan fingerprint density at radius 1 is 1.32 bits per heavy atom. The molecular weight excluding hydrogens is 280 g/mol. The van der Waals surface area contributed by atoms with E-state index in [0.29, 0.717) is 18.0 Å². The third-order valence-corrected chi connectivity index (χ3v) is 3.53. The van der Waals surface area contributed by atoms with Gasteiger partial charge in [-0.05, 0) is 36.1 Å². The van der Waals surface area contributed by atoms with Crippen molar-refractivity contribution in [2.75, 3.05) is 13.7 Å². The lowest BCUT2D eigenvalue weighted by molar-refractivity contribution is 0.0952. The van der Waals surface area contributed by atoms with Crippen LogP contribution in [0.25, 0.3) is 0 Å². The van der Waals surface area contributed by atoms with E-state index in [2.05, 4.69) is 17.2 Å². The molecule has 0 bridgehead atoms. The Hall–Kier alpha value is -2.56. The zero-order valence-electron chi connectivity index (χ0n) is 12.7. The SMILES string of the molecule is COc1ccc([C@@H](C)CCNC(=O)c2cncc(O)c2)cc1. The minimum absolute atomic E-state index is 0.0146. The fraction of sp³-hybridized carbons (Fsp3) is 0.294. The molecule has 2 aromatic rings. The van der Waals surface area contributed by atoms with E-state index in [1.807, 2.05) is 24.3 Å². The maximum absolute atomic E-state index is 11.9. The first-order valence-corrected chi connectivity index (χ1v) is 7.16. The lowest BCUT2D eigenvalue weighted by Crippen LogP contribution is -2.25. The predicted molar refractivity (Wildman–Crippen MR) is 84.3 cm³/mol. The Kier molecular flexibility index (Phi) is 5.36. The third-order valence-electron chi connectivity index (χ3n) is 3.53. The Morgan fingerprint density at radius 2 is 2.05 bits per heavy atom. The molecule has 5 heteroatoms. The Morgan fingerprint density at radius 3 is 2.68 bits per heavy atom. The van der Waals surface area contributed by atoms with Gasteiger partial charge >= 0.3 is 0 Å². The molecule has 5 nitrogen and oxygen atoms in total. The molecule has 0 spiro atoms. The number of hydrogen-bond donors (Lipinski definition) is 2. The van der Waals surface area contributed by atoms with E-state index in [0.717, 1.165) is 12.2 Å². The van der Waals surface area contributed by atoms with Crippen LogP contribution in [0, 0.1) is 0 Å². The van der Waals surface area contributed by atoms with E-state index in [1.54, 1.807) is 7.11 Å². The molecule has 0 radical (unpaired) electrons. The van der Waals surface area contributed by atoms with Gasteiger partial charge in [-0.2, -0.15) is 0 Å². The van der Waals surface area contributed by atoms with Crippen LogP contribution in [0.4, 0.5) is 0 Å². The van der Waals surface area contributed by atoms with Crippen molar-refractivity contribution in [2.45, 2.75) is 19.3 Å². The number of rotatable bonds is 6. The summed E-state index contributed by atoms with van der Waals surface area (Å²) >= 11 is 0. The summed E-state index contributed by atoms with van der Waals surface area (Å²) in [4.78, 5) is 15.7. The molecule has 0 aliphatic carbocycles. The van der Waals surface area contributed by atoms with Crippen LogP contribution in [0.1, 0.15) is 35.2 Å². The van der Waals surface area contributed by atoms with Crippen molar-refractivity contribution < 1.29 is 14.6 Å². The number of methoxy groups -OCH3 is 1. The summed E-state index contributed by atoms with van der Waals surface area (Å²) in [5, 5.41) is 12.1. The standard InChI is InChI=1S/C17H20N2O3/c1-12(13-3-5-16(22-2)6-4-13)7-8-19-17(21)14-9-15(20)11-18-10-14/h3-6,9-12,20H,7-8H2,1-2H3,(H,19,21)/t12-/m0/s1. The molecule has 1 aromatic carbocycles. The van der Waals surface area contributed by atoms with E-state index in [-0.39, 0.29) is 11.7 Å². The largest absolute Gasteiger partial charge is 0.506 e. The summed E-state index contributed by atoms with van der Waals surface area (Å²) in [5.41, 5.74) is 1.56. The van der Waals surface area contributed by atoms with Gasteiger partial charge in [-0.15, -0.1) is 0 Å². The number of nitrogens with one attached hydrogen (secondary N) is 1. The maximum Gasteiger partial charge on any atom is 0.252 e. The molecule has 0 fully saturated rings. The minimum Gasteiger partial charge on any atom is -0.506 e. The van der Waals surface area contributed by atoms with Gasteiger partial charge in [-0.3, -0.25) is 9.78 Å². The van der Waals surface area contributed by atoms with Crippen molar-refractivity contribution in [3.05, 3.63) is 53.9 Å². The van der Waals surface area contributed by atoms with Gasteiger partial charge in [0.25, 0.3) is 5.91 Å². The monoisotopic (exact) mass is 300 g/mol. The normalized spacial score (nSPS) is 11.7. The topological polar surface area (TPSA) is 71.5 Å². The number of amides is 1. The smallest absolute Gasteiger partial charge is 0.252 e. The quantitative estimate of drug-likeness (QED) is 0.860. The first-order chi connectivity index (χ1) is 10.6. The van der Waals surface area contributed by atoms with Gasteiger partial charge in [0.05, 0.1) is 18.9 Å². The fourth-order valence-corrected chi connectivity index (χ4v) is 2.16. The van der Waals surface area contributed by atoms with Crippen molar-refractivity contribution in [3.63, 3.8) is 0 Å². The number of benzene rings is 1. The van der Waals surface area contributed by atoms with Crippen LogP contribution in [-0.4, -0.2) is 29.7 Å². The first-order valence-electron chi connectivity index (χ1n) is 7.16. The van der Waals surface area contributed by atoms with E-state index in [9.17, 15) is 9.90 Å². The van der Waals surface area contributed by atoms with Gasteiger partial charge in [0, 0.05) is 12.7 Å². The summed E-state index contributed by atoms with van der Waals surface area (Å²) < 4.78 is 5.14. The number of aromatic nitrogens is 1. The minimum atomic E-state index is -0.231. The Labute approximate surface area is 130 Å². The van der Waals surface area contributed by atoms with Crippen LogP contribution in [0.3, 0.4) is 0 Å². The van der Waals surface area contributed by atoms with Crippen molar-refractivity contribution in [1.82, 2.24) is 10.3 Å². The number of carbonyl (C=O) groups is 1. The molecule has 22 heavy (non-hydrogen) atoms. The van der Waals surface area contributed by atoms with Gasteiger partial charge in [0.15, 0.2) is 0 Å². The summed E-state index contributed by atoms with van der Waals surface area (Å²) in [7, 11) is 1.64. The van der Waals surface area contributed by atoms with Gasteiger partial charge in [0.2, 0.25) is 0 Å². The number of hydrogen-bond acceptors (Lipinski definition) is 4. The number of ether oxygens (including phenoxy) is 1. The first kappa shape index (κ1) is 15.8. The summed E-state index contributed by atoms with van der Waals surface area (Å²) in [5.74, 6) is 0.915. The maximum atomic E-state index is 11.9. The highest BCUT2D eigenvalue weighted by Gasteiger charge is 2.09. The summed E-state index contributed by atoms with van der Waals surface area (Å²) in [6.45, 7) is 2.67. The van der Waals surface area contributed by atoms with Crippen LogP contribution >= 0.6 is 0 Å². The highest BCUT2D eigenvalue weighted by Crippen LogP contribution is 2.21. The fourth-order valence-electron chi connectivity index (χ4n) is 2.16. The van der Waals surface area contributed by atoms with Crippen molar-refractivity contribution >= 4 is 5.91 Å². The molecule has 0 saturated heterocycles. The molecule has 0 saturated carbocycles. The summed E-state index contributed by atoms with van der Waals surface area (Å²) in [6.07, 6.45) is 3.55. The van der Waals surface area contributed by atoms with Gasteiger partial charge in [-0.1, -0.05) is 19.1 Å². The van der Waals surface area contributed by atoms with Gasteiger partial charge in [-0.25, -0.2) is 0 Å². The molecule has 1 amide bonds. The predicted octanol–water partition coefficient (Wildman–Crippen LogP) is 2.72. The van der Waals surface area contributed by atoms with Crippen molar-refractivity contribution in [3.8, 4) is 11.5 Å². The van der Waals surface area contributed by atoms with E-state index in [4.69, 9.17) is 4.74 Å². The van der Waals surface area contributed by atoms with Crippen LogP contribution in [0.2, 0.25) is 0 Å². The lowest BCUT2D eigenvalue weighted by atomic mass is 9.98. The van der Waals surface area contributed by atoms with Crippen molar-refractivity contribution in [1.29, 1.82) is 0 Å². The average Bonchev–Trinajstić information content (AvgIpc) is 2.54. The molecule has 2 N–H and O–H groups in total. The van der Waals surface area contributed by atoms with Crippen molar-refractivity contribution in [2.24, 2.45) is 0 Å². The van der Waals surface area contributed by atoms with Crippen LogP contribution in [0.15, 0.2) is 42.7 Å². The van der Waals surface area contributed by atoms with Gasteiger partial charge < -0.3 is 15.2 Å². The number of pyridine rings is 1. The molecule has 0 unspecified atom stereocenters. The third kappa shape index (κ3) is 4.22. The highest BCUT2D eigenvalue weighted by molar-refractivity contribution is 5.94. The Bertz CT molecular complexity index is 626. The second-order valence-electron chi connectivity index (χ2n) is 5.15. The highest BCUT2D eigenvalue weighted by atomic mass is 16.5.